The fraction of sp³-hybridized carbons (Fsp3) is 0.216. The number of aromatic nitrogens is 3. The van der Waals surface area contributed by atoms with Gasteiger partial charge in [0.1, 0.15) is 29.7 Å². The smallest absolute Gasteiger partial charge is 0.311 e. The van der Waals surface area contributed by atoms with E-state index in [-0.39, 0.29) is 18.6 Å². The molecular formula is C51H50FN3O10. The van der Waals surface area contributed by atoms with E-state index >= 15 is 0 Å². The summed E-state index contributed by atoms with van der Waals surface area (Å²) in [5, 5.41) is 30.5. The van der Waals surface area contributed by atoms with Crippen molar-refractivity contribution < 1.29 is 53.1 Å². The Kier molecular flexibility index (Phi) is 15.8. The molecule has 0 aliphatic rings. The first kappa shape index (κ1) is 46.6. The van der Waals surface area contributed by atoms with Gasteiger partial charge < -0.3 is 44.5 Å². The van der Waals surface area contributed by atoms with E-state index in [0.29, 0.717) is 41.4 Å². The average molecular weight is 884 g/mol. The largest absolute Gasteiger partial charge is 0.497 e. The number of aromatic amines is 3. The number of carbonyl (C=O) groups excluding carboxylic acids is 1. The summed E-state index contributed by atoms with van der Waals surface area (Å²) in [6.07, 6.45) is 7.63. The van der Waals surface area contributed by atoms with E-state index in [1.54, 1.807) is 32.7 Å². The minimum absolute atomic E-state index is 0.0312. The van der Waals surface area contributed by atoms with Gasteiger partial charge in [0.05, 0.1) is 32.5 Å². The van der Waals surface area contributed by atoms with Crippen molar-refractivity contribution >= 4 is 56.4 Å². The molecule has 3 heterocycles. The van der Waals surface area contributed by atoms with Crippen LogP contribution in [0.4, 0.5) is 4.39 Å². The lowest BCUT2D eigenvalue weighted by atomic mass is 9.91. The number of halogens is 1. The monoisotopic (exact) mass is 883 g/mol. The van der Waals surface area contributed by atoms with Crippen molar-refractivity contribution in [2.75, 3.05) is 14.2 Å². The number of carboxylic acid groups (broad SMARTS) is 3. The van der Waals surface area contributed by atoms with Crippen molar-refractivity contribution in [2.24, 2.45) is 0 Å². The number of rotatable bonds is 17. The lowest BCUT2D eigenvalue weighted by Gasteiger charge is -2.11. The van der Waals surface area contributed by atoms with Crippen LogP contribution in [0.1, 0.15) is 77.1 Å². The van der Waals surface area contributed by atoms with Crippen LogP contribution < -0.4 is 14.2 Å². The Morgan fingerprint density at radius 3 is 1.74 bits per heavy atom. The van der Waals surface area contributed by atoms with Gasteiger partial charge in [0.2, 0.25) is 0 Å². The summed E-state index contributed by atoms with van der Waals surface area (Å²) < 4.78 is 29.3. The van der Waals surface area contributed by atoms with Gasteiger partial charge in [-0.25, -0.2) is 4.39 Å². The number of hydrogen-bond donors (Lipinski definition) is 6. The highest BCUT2D eigenvalue weighted by atomic mass is 19.1. The zero-order valence-electron chi connectivity index (χ0n) is 36.1. The number of hydrogen-bond acceptors (Lipinski definition) is 7. The molecule has 14 heteroatoms. The zero-order chi connectivity index (χ0) is 46.5. The molecule has 0 saturated heterocycles. The second kappa shape index (κ2) is 22.0. The van der Waals surface area contributed by atoms with Gasteiger partial charge in [0, 0.05) is 69.3 Å². The lowest BCUT2D eigenvalue weighted by molar-refractivity contribution is -0.139. The molecule has 0 saturated carbocycles. The Morgan fingerprint density at radius 1 is 0.631 bits per heavy atom. The minimum Gasteiger partial charge on any atom is -0.497 e. The molecule has 0 spiro atoms. The Balaban J connectivity index is 0.000000165. The topological polar surface area (TPSA) is 204 Å². The standard InChI is InChI=1S/C19H19NO5.C18H14FNO3.C14H17NO2/c1-23-15-5-12(6-16(8-15)24-2)11-25-14-3-4-18-17(9-14)13(10-20-18)7-19(21)22;19-12-7-5-11(6-8-12)17(21)9-14(18(22)23)15-10-20-16-4-2-1-3-13(15)16;1-2-3-6-11(14(16)17)12-9-15-13-8-5-4-7-10(12)13/h3-6,8-10,20H,7,11H2,1-2H3,(H,21,22);1-8,10,14,20H,9H2,(H,22,23);4-5,7-9,11,15H,2-3,6H2,1H3,(H,16,17). The molecule has 0 bridgehead atoms. The van der Waals surface area contributed by atoms with Crippen LogP contribution in [0.3, 0.4) is 0 Å². The maximum Gasteiger partial charge on any atom is 0.311 e. The number of carbonyl (C=O) groups is 4. The third-order valence-electron chi connectivity index (χ3n) is 10.9. The van der Waals surface area contributed by atoms with Crippen LogP contribution in [0.25, 0.3) is 32.7 Å². The van der Waals surface area contributed by atoms with Gasteiger partial charge in [0.25, 0.3) is 0 Å². The lowest BCUT2D eigenvalue weighted by Crippen LogP contribution is -2.16. The third kappa shape index (κ3) is 12.0. The molecule has 6 N–H and O–H groups in total. The number of aliphatic carboxylic acids is 3. The summed E-state index contributed by atoms with van der Waals surface area (Å²) in [4.78, 5) is 55.5. The first-order valence-electron chi connectivity index (χ1n) is 20.9. The molecule has 3 aromatic heterocycles. The van der Waals surface area contributed by atoms with Gasteiger partial charge in [-0.2, -0.15) is 0 Å². The van der Waals surface area contributed by atoms with E-state index in [0.717, 1.165) is 62.2 Å². The fourth-order valence-corrected chi connectivity index (χ4v) is 7.53. The molecule has 65 heavy (non-hydrogen) atoms. The number of ketones is 1. The number of carboxylic acids is 3. The SMILES string of the molecule is CCCCC(C(=O)O)c1c[nH]c2ccccc12.COc1cc(COc2ccc3[nH]cc(CC(=O)O)c3c2)cc(OC)c1.O=C(CC(C(=O)O)c1c[nH]c2ccccc12)c1ccc(F)cc1. The van der Waals surface area contributed by atoms with E-state index in [1.807, 2.05) is 85.1 Å². The number of nitrogens with one attached hydrogen (secondary N) is 3. The number of ether oxygens (including phenoxy) is 3. The predicted octanol–water partition coefficient (Wildman–Crippen LogP) is 10.7. The van der Waals surface area contributed by atoms with Crippen molar-refractivity contribution in [1.82, 2.24) is 15.0 Å². The number of fused-ring (bicyclic) bond motifs is 3. The maximum atomic E-state index is 12.9. The van der Waals surface area contributed by atoms with E-state index in [4.69, 9.17) is 19.3 Å². The highest BCUT2D eigenvalue weighted by Gasteiger charge is 2.27. The van der Waals surface area contributed by atoms with Crippen LogP contribution in [-0.4, -0.2) is 68.2 Å². The summed E-state index contributed by atoms with van der Waals surface area (Å²) in [5.74, 6) is -2.72. The Labute approximate surface area is 373 Å². The number of Topliss-reactive ketones (excluding diaryl/α,β-unsaturated/α-hetero) is 1. The molecular weight excluding hydrogens is 834 g/mol. The number of H-pyrrole nitrogens is 3. The van der Waals surface area contributed by atoms with Gasteiger partial charge in [-0.3, -0.25) is 19.2 Å². The van der Waals surface area contributed by atoms with E-state index in [9.17, 15) is 33.8 Å². The van der Waals surface area contributed by atoms with Gasteiger partial charge in [-0.1, -0.05) is 56.2 Å². The molecule has 0 fully saturated rings. The summed E-state index contributed by atoms with van der Waals surface area (Å²) in [7, 11) is 3.20. The van der Waals surface area contributed by atoms with Crippen molar-refractivity contribution in [3.05, 3.63) is 161 Å². The van der Waals surface area contributed by atoms with Crippen molar-refractivity contribution in [2.45, 2.75) is 57.5 Å². The highest BCUT2D eigenvalue weighted by Crippen LogP contribution is 2.31. The van der Waals surface area contributed by atoms with E-state index in [2.05, 4.69) is 21.9 Å². The second-order valence-electron chi connectivity index (χ2n) is 15.2. The molecule has 2 unspecified atom stereocenters. The van der Waals surface area contributed by atoms with E-state index in [1.165, 1.54) is 24.3 Å². The molecule has 8 aromatic rings. The van der Waals surface area contributed by atoms with Gasteiger partial charge in [-0.15, -0.1) is 0 Å². The molecule has 0 radical (unpaired) electrons. The Hall–Kier alpha value is -7.87. The summed E-state index contributed by atoms with van der Waals surface area (Å²) in [5.41, 5.74) is 6.13. The molecule has 0 aliphatic heterocycles. The zero-order valence-corrected chi connectivity index (χ0v) is 36.1. The highest BCUT2D eigenvalue weighted by molar-refractivity contribution is 6.00. The van der Waals surface area contributed by atoms with Crippen LogP contribution in [0.15, 0.2) is 128 Å². The molecule has 336 valence electrons. The quantitative estimate of drug-likeness (QED) is 0.0477. The normalized spacial score (nSPS) is 11.8. The molecule has 13 nitrogen and oxygen atoms in total. The summed E-state index contributed by atoms with van der Waals surface area (Å²) in [6, 6.07) is 31.4. The van der Waals surface area contributed by atoms with Crippen LogP contribution in [0.2, 0.25) is 0 Å². The third-order valence-corrected chi connectivity index (χ3v) is 10.9. The number of benzene rings is 5. The molecule has 5 aromatic carbocycles. The van der Waals surface area contributed by atoms with Crippen LogP contribution in [0.5, 0.6) is 17.2 Å². The minimum atomic E-state index is -1.06. The summed E-state index contributed by atoms with van der Waals surface area (Å²) >= 11 is 0. The number of methoxy groups -OCH3 is 2. The van der Waals surface area contributed by atoms with Gasteiger partial charge in [-0.05, 0) is 95.4 Å². The molecule has 2 atom stereocenters. The first-order valence-corrected chi connectivity index (χ1v) is 20.9. The second-order valence-corrected chi connectivity index (χ2v) is 15.2. The number of unbranched alkanes of at least 4 members (excludes halogenated alkanes) is 1. The van der Waals surface area contributed by atoms with E-state index < -0.39 is 35.6 Å². The molecule has 0 amide bonds. The van der Waals surface area contributed by atoms with Crippen molar-refractivity contribution in [1.29, 1.82) is 0 Å². The summed E-state index contributed by atoms with van der Waals surface area (Å²) in [6.45, 7) is 2.42. The maximum absolute atomic E-state index is 12.9. The molecule has 0 aliphatic carbocycles. The molecule has 8 rings (SSSR count). The predicted molar refractivity (Wildman–Crippen MR) is 246 cm³/mol. The Morgan fingerprint density at radius 2 is 1.18 bits per heavy atom. The van der Waals surface area contributed by atoms with Crippen LogP contribution in [-0.2, 0) is 27.4 Å². The fourth-order valence-electron chi connectivity index (χ4n) is 7.53. The van der Waals surface area contributed by atoms with Gasteiger partial charge in [0.15, 0.2) is 5.78 Å². The average Bonchev–Trinajstić information content (AvgIpc) is 4.05. The van der Waals surface area contributed by atoms with Crippen LogP contribution >= 0.6 is 0 Å². The number of para-hydroxylation sites is 2. The van der Waals surface area contributed by atoms with Crippen molar-refractivity contribution in [3.63, 3.8) is 0 Å². The van der Waals surface area contributed by atoms with Crippen molar-refractivity contribution in [3.8, 4) is 17.2 Å². The van der Waals surface area contributed by atoms with Crippen LogP contribution in [0, 0.1) is 5.82 Å². The Bertz CT molecular complexity index is 2870. The first-order chi connectivity index (χ1) is 31.4. The van der Waals surface area contributed by atoms with Gasteiger partial charge >= 0.3 is 17.9 Å².